The van der Waals surface area contributed by atoms with Crippen LogP contribution in [0.15, 0.2) is 107 Å². The molecule has 7 rings (SSSR count). The average Bonchev–Trinajstić information content (AvgIpc) is 3.81. The minimum atomic E-state index is -2.90. The molecular formula is C38H46N3O6PSi. The molecule has 0 aliphatic carbocycles. The van der Waals surface area contributed by atoms with Crippen LogP contribution >= 0.6 is 8.53 Å². The minimum Gasteiger partial charge on any atom is -0.405 e. The molecular weight excluding hydrogens is 653 g/mol. The Hall–Kier alpha value is -3.21. The number of ether oxygens (including phenoxy) is 1. The van der Waals surface area contributed by atoms with E-state index in [1.807, 2.05) is 18.2 Å². The molecule has 4 heterocycles. The van der Waals surface area contributed by atoms with E-state index in [1.165, 1.54) is 14.9 Å². The first kappa shape index (κ1) is 34.2. The number of H-pyrrole nitrogens is 1. The molecule has 1 unspecified atom stereocenters. The van der Waals surface area contributed by atoms with E-state index in [1.54, 1.807) is 13.1 Å². The summed E-state index contributed by atoms with van der Waals surface area (Å²) >= 11 is 0. The zero-order chi connectivity index (χ0) is 34.4. The Kier molecular flexibility index (Phi) is 9.43. The first-order valence-corrected chi connectivity index (χ1v) is 20.3. The second-order valence-electron chi connectivity index (χ2n) is 14.6. The summed E-state index contributed by atoms with van der Waals surface area (Å²) in [5.74, 6) is 0. The Morgan fingerprint density at radius 3 is 2.18 bits per heavy atom. The number of nitrogens with zero attached hydrogens (tertiary/aromatic N) is 2. The van der Waals surface area contributed by atoms with E-state index in [4.69, 9.17) is 18.2 Å². The summed E-state index contributed by atoms with van der Waals surface area (Å²) in [7, 11) is -4.32. The van der Waals surface area contributed by atoms with E-state index in [0.29, 0.717) is 12.0 Å². The first-order valence-electron chi connectivity index (χ1n) is 17.2. The van der Waals surface area contributed by atoms with E-state index in [0.717, 1.165) is 24.9 Å². The highest BCUT2D eigenvalue weighted by Crippen LogP contribution is 2.64. The molecule has 9 nitrogen and oxygen atoms in total. The van der Waals surface area contributed by atoms with E-state index in [2.05, 4.69) is 110 Å². The van der Waals surface area contributed by atoms with Crippen molar-refractivity contribution in [3.63, 3.8) is 0 Å². The third kappa shape index (κ3) is 6.22. The van der Waals surface area contributed by atoms with Crippen LogP contribution in [0.3, 0.4) is 0 Å². The predicted octanol–water partition coefficient (Wildman–Crippen LogP) is 5.73. The number of rotatable bonds is 9. The van der Waals surface area contributed by atoms with Crippen LogP contribution < -0.4 is 21.6 Å². The van der Waals surface area contributed by atoms with Crippen molar-refractivity contribution in [2.75, 3.05) is 13.2 Å². The second-order valence-corrected chi connectivity index (χ2v) is 20.3. The van der Waals surface area contributed by atoms with Crippen molar-refractivity contribution in [1.29, 1.82) is 0 Å². The fourth-order valence-electron chi connectivity index (χ4n) is 7.90. The third-order valence-corrected chi connectivity index (χ3v) is 17.3. The Morgan fingerprint density at radius 2 is 1.57 bits per heavy atom. The lowest BCUT2D eigenvalue weighted by Gasteiger charge is -2.43. The van der Waals surface area contributed by atoms with Gasteiger partial charge in [0.1, 0.15) is 17.9 Å². The molecule has 0 amide bonds. The number of aryl methyl sites for hydroxylation is 1. The summed E-state index contributed by atoms with van der Waals surface area (Å²) in [5.41, 5.74) is 0.169. The highest BCUT2D eigenvalue weighted by Gasteiger charge is 2.57. The van der Waals surface area contributed by atoms with Crippen molar-refractivity contribution in [2.45, 2.75) is 89.0 Å². The maximum Gasteiger partial charge on any atom is 0.330 e. The van der Waals surface area contributed by atoms with Gasteiger partial charge in [-0.3, -0.25) is 14.3 Å². The molecule has 0 bridgehead atoms. The largest absolute Gasteiger partial charge is 0.405 e. The van der Waals surface area contributed by atoms with Crippen molar-refractivity contribution < 1.29 is 18.2 Å². The maximum absolute atomic E-state index is 13.1. The molecule has 0 saturated carbocycles. The Bertz CT molecular complexity index is 1830. The molecule has 0 radical (unpaired) electrons. The molecule has 3 saturated heterocycles. The van der Waals surface area contributed by atoms with Crippen LogP contribution in [0.2, 0.25) is 5.04 Å². The number of fused-ring (bicyclic) bond motifs is 1. The van der Waals surface area contributed by atoms with Gasteiger partial charge in [0.05, 0.1) is 18.8 Å². The van der Waals surface area contributed by atoms with Gasteiger partial charge in [0.15, 0.2) is 0 Å². The summed E-state index contributed by atoms with van der Waals surface area (Å²) in [6.07, 6.45) is 2.53. The molecule has 3 aliphatic rings. The highest BCUT2D eigenvalue weighted by molar-refractivity contribution is 7.45. The molecule has 3 aromatic carbocycles. The van der Waals surface area contributed by atoms with Crippen LogP contribution in [-0.2, 0) is 23.8 Å². The van der Waals surface area contributed by atoms with Gasteiger partial charge >= 0.3 is 5.69 Å². The SMILES string of the molecule is Cc1cn([C@H]2C[C@H](OP3O[C@](C)(c4ccccc4)[C@@H]4CCCN43)[C@@H](CO[Si](c3ccccc3)(c3ccccc3)C(C)(C)C)O2)c(=O)[nH]c1=O. The second kappa shape index (κ2) is 13.5. The van der Waals surface area contributed by atoms with Crippen LogP contribution in [0, 0.1) is 6.92 Å². The van der Waals surface area contributed by atoms with E-state index in [9.17, 15) is 9.59 Å². The Balaban J connectivity index is 1.24. The Morgan fingerprint density at radius 1 is 0.959 bits per heavy atom. The quantitative estimate of drug-likeness (QED) is 0.176. The monoisotopic (exact) mass is 699 g/mol. The van der Waals surface area contributed by atoms with Crippen molar-refractivity contribution in [1.82, 2.24) is 14.2 Å². The molecule has 6 atom stereocenters. The zero-order valence-electron chi connectivity index (χ0n) is 28.9. The third-order valence-electron chi connectivity index (χ3n) is 10.4. The van der Waals surface area contributed by atoms with Crippen molar-refractivity contribution in [3.8, 4) is 0 Å². The van der Waals surface area contributed by atoms with Gasteiger partial charge in [-0.2, -0.15) is 0 Å². The zero-order valence-corrected chi connectivity index (χ0v) is 30.8. The fraction of sp³-hybridized carbons (Fsp3) is 0.421. The summed E-state index contributed by atoms with van der Waals surface area (Å²) < 4.78 is 31.9. The van der Waals surface area contributed by atoms with Crippen LogP contribution in [0.25, 0.3) is 0 Å². The summed E-state index contributed by atoms with van der Waals surface area (Å²) in [6, 6.07) is 31.7. The van der Waals surface area contributed by atoms with Crippen LogP contribution in [0.4, 0.5) is 0 Å². The smallest absolute Gasteiger partial charge is 0.330 e. The van der Waals surface area contributed by atoms with Crippen LogP contribution in [0.5, 0.6) is 0 Å². The number of nitrogens with one attached hydrogen (secondary N) is 1. The molecule has 3 fully saturated rings. The first-order chi connectivity index (χ1) is 23.5. The average molecular weight is 700 g/mol. The van der Waals surface area contributed by atoms with Crippen LogP contribution in [-0.4, -0.2) is 53.9 Å². The number of hydrogen-bond donors (Lipinski definition) is 1. The van der Waals surface area contributed by atoms with Gasteiger partial charge in [0.2, 0.25) is 0 Å². The molecule has 11 heteroatoms. The summed E-state index contributed by atoms with van der Waals surface area (Å²) in [4.78, 5) is 27.8. The standard InChI is InChI=1S/C38H46N3O6PSi/c1-27-25-40(36(43)39-35(27)42)34-24-31(46-48-41-23-15-22-33(41)38(5,47-48)28-16-9-6-10-17-28)32(45-34)26-44-49(37(2,3)4,29-18-11-7-12-19-29)30-20-13-8-14-21-30/h6-14,16-21,25,31-34H,15,22-24,26H2,1-5H3,(H,39,42,43)/t31-,32+,33-,34+,38+,48?/m0/s1. The van der Waals surface area contributed by atoms with Crippen molar-refractivity contribution >= 4 is 27.2 Å². The van der Waals surface area contributed by atoms with Crippen molar-refractivity contribution in [3.05, 3.63) is 129 Å². The molecule has 1 N–H and O–H groups in total. The number of benzene rings is 3. The summed E-state index contributed by atoms with van der Waals surface area (Å²) in [5, 5.41) is 2.13. The summed E-state index contributed by atoms with van der Waals surface area (Å²) in [6.45, 7) is 11.8. The Labute approximate surface area is 290 Å². The van der Waals surface area contributed by atoms with Crippen molar-refractivity contribution in [2.24, 2.45) is 0 Å². The van der Waals surface area contributed by atoms with E-state index >= 15 is 0 Å². The lowest BCUT2D eigenvalue weighted by atomic mass is 9.87. The van der Waals surface area contributed by atoms with E-state index in [-0.39, 0.29) is 17.7 Å². The maximum atomic E-state index is 13.1. The molecule has 49 heavy (non-hydrogen) atoms. The number of aromatic nitrogens is 2. The minimum absolute atomic E-state index is 0.204. The topological polar surface area (TPSA) is 95.0 Å². The van der Waals surface area contributed by atoms with E-state index < -0.39 is 52.1 Å². The van der Waals surface area contributed by atoms with Gasteiger partial charge in [0.25, 0.3) is 22.4 Å². The predicted molar refractivity (Wildman–Crippen MR) is 195 cm³/mol. The van der Waals surface area contributed by atoms with Gasteiger partial charge in [-0.15, -0.1) is 0 Å². The van der Waals surface area contributed by atoms with Gasteiger partial charge in [-0.05, 0) is 47.7 Å². The van der Waals surface area contributed by atoms with Gasteiger partial charge in [-0.1, -0.05) is 112 Å². The van der Waals surface area contributed by atoms with Crippen LogP contribution in [0.1, 0.15) is 64.3 Å². The normalized spacial score (nSPS) is 27.4. The molecule has 4 aromatic rings. The van der Waals surface area contributed by atoms with Gasteiger partial charge in [0, 0.05) is 24.7 Å². The number of hydrogen-bond acceptors (Lipinski definition) is 7. The molecule has 0 spiro atoms. The van der Waals surface area contributed by atoms with Gasteiger partial charge < -0.3 is 18.2 Å². The number of aromatic amines is 1. The lowest BCUT2D eigenvalue weighted by molar-refractivity contribution is -0.0404. The molecule has 258 valence electrons. The molecule has 1 aromatic heterocycles. The molecule has 3 aliphatic heterocycles. The van der Waals surface area contributed by atoms with Gasteiger partial charge in [-0.25, -0.2) is 9.46 Å². The highest BCUT2D eigenvalue weighted by atomic mass is 31.2. The lowest BCUT2D eigenvalue weighted by Crippen LogP contribution is -2.67. The fourth-order valence-corrected chi connectivity index (χ4v) is 14.6.